The molecule has 0 bridgehead atoms. The van der Waals surface area contributed by atoms with Gasteiger partial charge in [-0.05, 0) is 19.9 Å². The lowest BCUT2D eigenvalue weighted by Gasteiger charge is -2.17. The molecule has 21 heavy (non-hydrogen) atoms. The van der Waals surface area contributed by atoms with Gasteiger partial charge in [0.1, 0.15) is 17.4 Å². The summed E-state index contributed by atoms with van der Waals surface area (Å²) in [7, 11) is 0. The maximum Gasteiger partial charge on any atom is 0.329 e. The third-order valence-corrected chi connectivity index (χ3v) is 3.86. The van der Waals surface area contributed by atoms with Gasteiger partial charge in [0.05, 0.1) is 6.61 Å². The van der Waals surface area contributed by atoms with Crippen molar-refractivity contribution in [3.05, 3.63) is 35.6 Å². The molecule has 2 aromatic rings. The second-order valence-corrected chi connectivity index (χ2v) is 5.18. The molecule has 5 nitrogen and oxygen atoms in total. The second-order valence-electron chi connectivity index (χ2n) is 5.18. The molecule has 1 saturated heterocycles. The lowest BCUT2D eigenvalue weighted by atomic mass is 9.89. The summed E-state index contributed by atoms with van der Waals surface area (Å²) in [5, 5.41) is 3.66. The van der Waals surface area contributed by atoms with E-state index in [1.165, 1.54) is 0 Å². The number of hydrogen-bond donors (Lipinski definition) is 1. The highest BCUT2D eigenvalue weighted by Gasteiger charge is 2.41. The van der Waals surface area contributed by atoms with Crippen LogP contribution >= 0.6 is 0 Å². The molecule has 2 unspecified atom stereocenters. The summed E-state index contributed by atoms with van der Waals surface area (Å²) in [6.07, 6.45) is 0.272. The number of furan rings is 1. The molecule has 1 aromatic heterocycles. The third kappa shape index (κ3) is 2.28. The van der Waals surface area contributed by atoms with Crippen LogP contribution in [0.5, 0.6) is 0 Å². The largest absolute Gasteiger partial charge is 0.464 e. The summed E-state index contributed by atoms with van der Waals surface area (Å²) in [5.41, 5.74) is 1.69. The Morgan fingerprint density at radius 2 is 2.19 bits per heavy atom. The van der Waals surface area contributed by atoms with Gasteiger partial charge in [0.25, 0.3) is 0 Å². The topological polar surface area (TPSA) is 68.5 Å². The van der Waals surface area contributed by atoms with Crippen molar-refractivity contribution >= 4 is 22.8 Å². The number of amides is 1. The number of carbonyl (C=O) groups is 2. The fourth-order valence-corrected chi connectivity index (χ4v) is 3.02. The number of hydrogen-bond acceptors (Lipinski definition) is 4. The smallest absolute Gasteiger partial charge is 0.329 e. The summed E-state index contributed by atoms with van der Waals surface area (Å²) in [6.45, 7) is 3.91. The molecule has 1 aliphatic heterocycles. The van der Waals surface area contributed by atoms with Crippen LogP contribution in [-0.4, -0.2) is 24.5 Å². The van der Waals surface area contributed by atoms with Gasteiger partial charge in [-0.2, -0.15) is 0 Å². The van der Waals surface area contributed by atoms with E-state index in [-0.39, 0.29) is 18.2 Å². The summed E-state index contributed by atoms with van der Waals surface area (Å²) in [6, 6.07) is 7.01. The van der Waals surface area contributed by atoms with Gasteiger partial charge in [-0.15, -0.1) is 0 Å². The summed E-state index contributed by atoms with van der Waals surface area (Å²) in [5.74, 6) is -0.0343. The van der Waals surface area contributed by atoms with Crippen LogP contribution < -0.4 is 5.32 Å². The number of nitrogens with one attached hydrogen (secondary N) is 1. The Morgan fingerprint density at radius 3 is 2.95 bits per heavy atom. The molecule has 0 spiro atoms. The summed E-state index contributed by atoms with van der Waals surface area (Å²) < 4.78 is 10.8. The maximum absolute atomic E-state index is 12.1. The van der Waals surface area contributed by atoms with Crippen molar-refractivity contribution in [1.82, 2.24) is 5.32 Å². The molecule has 1 fully saturated rings. The monoisotopic (exact) mass is 287 g/mol. The molecule has 0 radical (unpaired) electrons. The standard InChI is InChI=1S/C16H17NO4/c1-3-20-16(19)15-11(8-13(18)17-15)14-9(2)21-12-7-5-4-6-10(12)14/h4-7,11,15H,3,8H2,1-2H3,(H,17,18). The minimum atomic E-state index is -0.642. The number of para-hydroxylation sites is 1. The molecule has 1 N–H and O–H groups in total. The van der Waals surface area contributed by atoms with Gasteiger partial charge in [-0.3, -0.25) is 4.79 Å². The van der Waals surface area contributed by atoms with E-state index in [1.54, 1.807) is 6.92 Å². The first-order valence-electron chi connectivity index (χ1n) is 7.05. The van der Waals surface area contributed by atoms with Crippen molar-refractivity contribution in [2.24, 2.45) is 0 Å². The van der Waals surface area contributed by atoms with Crippen LogP contribution in [0.15, 0.2) is 28.7 Å². The van der Waals surface area contributed by atoms with Crippen molar-refractivity contribution in [3.63, 3.8) is 0 Å². The molecule has 1 aromatic carbocycles. The molecular weight excluding hydrogens is 270 g/mol. The number of aryl methyl sites for hydroxylation is 1. The average molecular weight is 287 g/mol. The molecule has 2 atom stereocenters. The van der Waals surface area contributed by atoms with E-state index in [1.807, 2.05) is 31.2 Å². The van der Waals surface area contributed by atoms with E-state index in [4.69, 9.17) is 9.15 Å². The Bertz CT molecular complexity index is 703. The lowest BCUT2D eigenvalue weighted by molar-refractivity contribution is -0.146. The van der Waals surface area contributed by atoms with Crippen LogP contribution in [0.2, 0.25) is 0 Å². The average Bonchev–Trinajstić information content (AvgIpc) is 2.98. The maximum atomic E-state index is 12.1. The molecule has 0 saturated carbocycles. The molecule has 5 heteroatoms. The zero-order valence-corrected chi connectivity index (χ0v) is 12.0. The molecule has 1 aliphatic rings. The number of ether oxygens (including phenoxy) is 1. The first kappa shape index (κ1) is 13.7. The molecule has 0 aliphatic carbocycles. The lowest BCUT2D eigenvalue weighted by Crippen LogP contribution is -2.37. The van der Waals surface area contributed by atoms with E-state index in [0.29, 0.717) is 6.61 Å². The second kappa shape index (κ2) is 5.24. The van der Waals surface area contributed by atoms with Crippen LogP contribution in [0.1, 0.15) is 30.6 Å². The SMILES string of the molecule is CCOC(=O)C1NC(=O)CC1c1c(C)oc2ccccc12. The molecule has 2 heterocycles. The van der Waals surface area contributed by atoms with E-state index in [0.717, 1.165) is 22.3 Å². The molecular formula is C16H17NO4. The molecule has 110 valence electrons. The quantitative estimate of drug-likeness (QED) is 0.879. The van der Waals surface area contributed by atoms with Crippen LogP contribution in [0, 0.1) is 6.92 Å². The summed E-state index contributed by atoms with van der Waals surface area (Å²) >= 11 is 0. The van der Waals surface area contributed by atoms with Gasteiger partial charge in [0.2, 0.25) is 5.91 Å². The Morgan fingerprint density at radius 1 is 1.43 bits per heavy atom. The molecule has 3 rings (SSSR count). The minimum absolute atomic E-state index is 0.136. The van der Waals surface area contributed by atoms with Gasteiger partial charge in [0, 0.05) is 23.3 Å². The number of carbonyl (C=O) groups excluding carboxylic acids is 2. The first-order valence-corrected chi connectivity index (χ1v) is 7.05. The Hall–Kier alpha value is -2.30. The molecule has 1 amide bonds. The first-order chi connectivity index (χ1) is 10.1. The van der Waals surface area contributed by atoms with Gasteiger partial charge in [0.15, 0.2) is 0 Å². The van der Waals surface area contributed by atoms with Crippen LogP contribution in [0.4, 0.5) is 0 Å². The predicted octanol–water partition coefficient (Wildman–Crippen LogP) is 2.28. The number of fused-ring (bicyclic) bond motifs is 1. The van der Waals surface area contributed by atoms with Gasteiger partial charge in [-0.25, -0.2) is 4.79 Å². The Labute approximate surface area is 122 Å². The number of esters is 1. The Balaban J connectivity index is 2.05. The fourth-order valence-electron chi connectivity index (χ4n) is 3.02. The number of rotatable bonds is 3. The normalized spacial score (nSPS) is 21.5. The zero-order chi connectivity index (χ0) is 15.0. The highest BCUT2D eigenvalue weighted by molar-refractivity contribution is 5.93. The van der Waals surface area contributed by atoms with Crippen molar-refractivity contribution < 1.29 is 18.7 Å². The van der Waals surface area contributed by atoms with Gasteiger partial charge < -0.3 is 14.5 Å². The fraction of sp³-hybridized carbons (Fsp3) is 0.375. The van der Waals surface area contributed by atoms with E-state index in [9.17, 15) is 9.59 Å². The highest BCUT2D eigenvalue weighted by atomic mass is 16.5. The van der Waals surface area contributed by atoms with Crippen LogP contribution in [0.3, 0.4) is 0 Å². The van der Waals surface area contributed by atoms with E-state index in [2.05, 4.69) is 5.32 Å². The van der Waals surface area contributed by atoms with Crippen molar-refractivity contribution in [2.45, 2.75) is 32.2 Å². The zero-order valence-electron chi connectivity index (χ0n) is 12.0. The third-order valence-electron chi connectivity index (χ3n) is 3.86. The Kier molecular flexibility index (Phi) is 3.41. The van der Waals surface area contributed by atoms with Crippen molar-refractivity contribution in [3.8, 4) is 0 Å². The minimum Gasteiger partial charge on any atom is -0.464 e. The van der Waals surface area contributed by atoms with E-state index >= 15 is 0 Å². The predicted molar refractivity (Wildman–Crippen MR) is 76.9 cm³/mol. The van der Waals surface area contributed by atoms with Crippen molar-refractivity contribution in [1.29, 1.82) is 0 Å². The van der Waals surface area contributed by atoms with Gasteiger partial charge in [-0.1, -0.05) is 18.2 Å². The summed E-state index contributed by atoms with van der Waals surface area (Å²) in [4.78, 5) is 23.8. The highest BCUT2D eigenvalue weighted by Crippen LogP contribution is 2.37. The van der Waals surface area contributed by atoms with E-state index < -0.39 is 12.0 Å². The number of benzene rings is 1. The van der Waals surface area contributed by atoms with Gasteiger partial charge >= 0.3 is 5.97 Å². The van der Waals surface area contributed by atoms with Crippen LogP contribution in [0.25, 0.3) is 11.0 Å². The van der Waals surface area contributed by atoms with Crippen LogP contribution in [-0.2, 0) is 14.3 Å². The van der Waals surface area contributed by atoms with Crippen molar-refractivity contribution in [2.75, 3.05) is 6.61 Å².